The van der Waals surface area contributed by atoms with E-state index in [9.17, 15) is 4.39 Å². The first kappa shape index (κ1) is 17.5. The van der Waals surface area contributed by atoms with Crippen molar-refractivity contribution in [2.24, 2.45) is 0 Å². The number of ether oxygens (including phenoxy) is 2. The molecule has 2 aromatic rings. The molecule has 1 aliphatic heterocycles. The Bertz CT molecular complexity index is 740. The minimum absolute atomic E-state index is 0.189. The van der Waals surface area contributed by atoms with Crippen LogP contribution in [0, 0.1) is 5.82 Å². The highest BCUT2D eigenvalue weighted by Crippen LogP contribution is 2.29. The average molecular weight is 341 g/mol. The number of rotatable bonds is 6. The lowest BCUT2D eigenvalue weighted by Gasteiger charge is -2.26. The van der Waals surface area contributed by atoms with Crippen LogP contribution in [0.2, 0.25) is 0 Å². The molecule has 1 aliphatic rings. The van der Waals surface area contributed by atoms with Gasteiger partial charge in [0.15, 0.2) is 11.5 Å². The van der Waals surface area contributed by atoms with Crippen LogP contribution < -0.4 is 9.47 Å². The second kappa shape index (κ2) is 8.17. The Morgan fingerprint density at radius 2 is 1.88 bits per heavy atom. The van der Waals surface area contributed by atoms with Crippen molar-refractivity contribution in [2.45, 2.75) is 19.9 Å². The summed E-state index contributed by atoms with van der Waals surface area (Å²) in [6, 6.07) is 12.9. The molecular weight excluding hydrogens is 317 g/mol. The molecule has 3 nitrogen and oxygen atoms in total. The van der Waals surface area contributed by atoms with Crippen molar-refractivity contribution in [1.82, 2.24) is 4.90 Å². The number of methoxy groups -OCH3 is 1. The predicted octanol–water partition coefficient (Wildman–Crippen LogP) is 4.52. The minimum Gasteiger partial charge on any atom is -0.493 e. The van der Waals surface area contributed by atoms with Crippen LogP contribution >= 0.6 is 0 Å². The molecule has 4 heteroatoms. The van der Waals surface area contributed by atoms with E-state index >= 15 is 0 Å². The molecule has 0 saturated heterocycles. The second-order valence-electron chi connectivity index (χ2n) is 6.14. The standard InChI is InChI=1S/C21H24FNO2/c1-3-25-21-14-16(4-9-20(21)24-2)15-23-12-10-18(11-13-23)17-5-7-19(22)8-6-17/h4-10,14H,3,11-13,15H2,1-2H3. The van der Waals surface area contributed by atoms with Crippen LogP contribution in [0.15, 0.2) is 48.5 Å². The fraction of sp³-hybridized carbons (Fsp3) is 0.333. The Morgan fingerprint density at radius 3 is 2.52 bits per heavy atom. The molecule has 0 amide bonds. The van der Waals surface area contributed by atoms with Crippen LogP contribution in [-0.2, 0) is 6.54 Å². The molecule has 0 saturated carbocycles. The lowest BCUT2D eigenvalue weighted by molar-refractivity contribution is 0.289. The van der Waals surface area contributed by atoms with Gasteiger partial charge in [-0.15, -0.1) is 0 Å². The van der Waals surface area contributed by atoms with Crippen LogP contribution in [0.3, 0.4) is 0 Å². The van der Waals surface area contributed by atoms with Gasteiger partial charge in [0.25, 0.3) is 0 Å². The van der Waals surface area contributed by atoms with Crippen LogP contribution in [0.1, 0.15) is 24.5 Å². The van der Waals surface area contributed by atoms with E-state index in [1.54, 1.807) is 7.11 Å². The highest BCUT2D eigenvalue weighted by atomic mass is 19.1. The molecule has 0 radical (unpaired) electrons. The minimum atomic E-state index is -0.189. The molecule has 0 unspecified atom stereocenters. The summed E-state index contributed by atoms with van der Waals surface area (Å²) >= 11 is 0. The lowest BCUT2D eigenvalue weighted by atomic mass is 9.99. The molecule has 25 heavy (non-hydrogen) atoms. The summed E-state index contributed by atoms with van der Waals surface area (Å²) in [5, 5.41) is 0. The third-order valence-corrected chi connectivity index (χ3v) is 4.44. The first-order valence-corrected chi connectivity index (χ1v) is 8.66. The zero-order valence-corrected chi connectivity index (χ0v) is 14.8. The third kappa shape index (κ3) is 4.40. The first-order valence-electron chi connectivity index (χ1n) is 8.66. The number of benzene rings is 2. The summed E-state index contributed by atoms with van der Waals surface area (Å²) in [6.07, 6.45) is 3.21. The van der Waals surface area contributed by atoms with Crippen molar-refractivity contribution in [3.05, 3.63) is 65.5 Å². The second-order valence-corrected chi connectivity index (χ2v) is 6.14. The number of hydrogen-bond acceptors (Lipinski definition) is 3. The normalized spacial score (nSPS) is 14.9. The fourth-order valence-corrected chi connectivity index (χ4v) is 3.13. The van der Waals surface area contributed by atoms with Crippen molar-refractivity contribution in [1.29, 1.82) is 0 Å². The van der Waals surface area contributed by atoms with Crippen LogP contribution in [0.25, 0.3) is 5.57 Å². The van der Waals surface area contributed by atoms with Gasteiger partial charge in [-0.1, -0.05) is 24.3 Å². The Labute approximate surface area is 148 Å². The molecule has 0 atom stereocenters. The first-order chi connectivity index (χ1) is 12.2. The molecule has 0 N–H and O–H groups in total. The number of nitrogens with zero attached hydrogens (tertiary/aromatic N) is 1. The van der Waals surface area contributed by atoms with E-state index in [-0.39, 0.29) is 5.82 Å². The average Bonchev–Trinajstić information content (AvgIpc) is 2.64. The van der Waals surface area contributed by atoms with Crippen molar-refractivity contribution in [2.75, 3.05) is 26.8 Å². The van der Waals surface area contributed by atoms with Gasteiger partial charge in [-0.05, 0) is 54.3 Å². The Hall–Kier alpha value is -2.33. The predicted molar refractivity (Wildman–Crippen MR) is 98.4 cm³/mol. The largest absolute Gasteiger partial charge is 0.493 e. The van der Waals surface area contributed by atoms with Gasteiger partial charge in [0.05, 0.1) is 13.7 Å². The summed E-state index contributed by atoms with van der Waals surface area (Å²) in [5.41, 5.74) is 3.62. The topological polar surface area (TPSA) is 21.7 Å². The van der Waals surface area contributed by atoms with Crippen molar-refractivity contribution < 1.29 is 13.9 Å². The van der Waals surface area contributed by atoms with Crippen molar-refractivity contribution >= 4 is 5.57 Å². The van der Waals surface area contributed by atoms with Gasteiger partial charge in [-0.25, -0.2) is 4.39 Å². The molecule has 1 heterocycles. The zero-order chi connectivity index (χ0) is 17.6. The molecule has 0 spiro atoms. The maximum atomic E-state index is 13.1. The van der Waals surface area contributed by atoms with E-state index in [1.807, 2.05) is 25.1 Å². The maximum Gasteiger partial charge on any atom is 0.161 e. The van der Waals surface area contributed by atoms with Crippen LogP contribution in [0.5, 0.6) is 11.5 Å². The summed E-state index contributed by atoms with van der Waals surface area (Å²) in [4.78, 5) is 2.39. The molecule has 0 fully saturated rings. The Kier molecular flexibility index (Phi) is 5.71. The highest BCUT2D eigenvalue weighted by Gasteiger charge is 2.14. The monoisotopic (exact) mass is 341 g/mol. The molecule has 0 aliphatic carbocycles. The van der Waals surface area contributed by atoms with E-state index in [2.05, 4.69) is 23.1 Å². The SMILES string of the molecule is CCOc1cc(CN2CC=C(c3ccc(F)cc3)CC2)ccc1OC. The Balaban J connectivity index is 1.65. The fourth-order valence-electron chi connectivity index (χ4n) is 3.13. The maximum absolute atomic E-state index is 13.1. The summed E-state index contributed by atoms with van der Waals surface area (Å²) in [5.74, 6) is 1.37. The Morgan fingerprint density at radius 1 is 1.08 bits per heavy atom. The molecule has 0 aromatic heterocycles. The quantitative estimate of drug-likeness (QED) is 0.771. The van der Waals surface area contributed by atoms with Crippen LogP contribution in [-0.4, -0.2) is 31.7 Å². The van der Waals surface area contributed by atoms with Crippen molar-refractivity contribution in [3.63, 3.8) is 0 Å². The van der Waals surface area contributed by atoms with E-state index in [0.29, 0.717) is 6.61 Å². The van der Waals surface area contributed by atoms with E-state index in [0.717, 1.165) is 43.1 Å². The van der Waals surface area contributed by atoms with Gasteiger partial charge < -0.3 is 9.47 Å². The molecule has 2 aromatic carbocycles. The van der Waals surface area contributed by atoms with Gasteiger partial charge in [-0.3, -0.25) is 4.90 Å². The van der Waals surface area contributed by atoms with E-state index in [4.69, 9.17) is 9.47 Å². The van der Waals surface area contributed by atoms with Gasteiger partial charge in [0.1, 0.15) is 5.82 Å². The lowest BCUT2D eigenvalue weighted by Crippen LogP contribution is -2.28. The van der Waals surface area contributed by atoms with Gasteiger partial charge in [0.2, 0.25) is 0 Å². The highest BCUT2D eigenvalue weighted by molar-refractivity contribution is 5.66. The smallest absolute Gasteiger partial charge is 0.161 e. The van der Waals surface area contributed by atoms with E-state index < -0.39 is 0 Å². The molecule has 3 rings (SSSR count). The molecule has 0 bridgehead atoms. The number of hydrogen-bond donors (Lipinski definition) is 0. The summed E-state index contributed by atoms with van der Waals surface area (Å²) in [7, 11) is 1.66. The number of halogens is 1. The van der Waals surface area contributed by atoms with Gasteiger partial charge in [-0.2, -0.15) is 0 Å². The summed E-state index contributed by atoms with van der Waals surface area (Å²) < 4.78 is 24.0. The van der Waals surface area contributed by atoms with Gasteiger partial charge >= 0.3 is 0 Å². The summed E-state index contributed by atoms with van der Waals surface area (Å²) in [6.45, 7) is 5.34. The van der Waals surface area contributed by atoms with Crippen LogP contribution in [0.4, 0.5) is 4.39 Å². The van der Waals surface area contributed by atoms with E-state index in [1.165, 1.54) is 23.3 Å². The van der Waals surface area contributed by atoms with Crippen molar-refractivity contribution in [3.8, 4) is 11.5 Å². The third-order valence-electron chi connectivity index (χ3n) is 4.44. The zero-order valence-electron chi connectivity index (χ0n) is 14.8. The molecule has 132 valence electrons. The van der Waals surface area contributed by atoms with Gasteiger partial charge in [0, 0.05) is 19.6 Å². The molecular formula is C21H24FNO2.